The van der Waals surface area contributed by atoms with Crippen molar-refractivity contribution in [1.82, 2.24) is 10.3 Å². The molecule has 0 aliphatic rings. The van der Waals surface area contributed by atoms with E-state index in [4.69, 9.17) is 4.74 Å². The van der Waals surface area contributed by atoms with Crippen LogP contribution in [-0.4, -0.2) is 29.8 Å². The van der Waals surface area contributed by atoms with Crippen molar-refractivity contribution in [2.45, 2.75) is 19.0 Å². The van der Waals surface area contributed by atoms with E-state index in [9.17, 15) is 4.79 Å². The highest BCUT2D eigenvalue weighted by Gasteiger charge is 2.20. The molecule has 160 valence electrons. The van der Waals surface area contributed by atoms with E-state index in [1.807, 2.05) is 66.9 Å². The monoisotopic (exact) mass is 433 g/mol. The lowest BCUT2D eigenvalue weighted by molar-refractivity contribution is 0.0929. The van der Waals surface area contributed by atoms with Gasteiger partial charge in [0, 0.05) is 30.2 Å². The van der Waals surface area contributed by atoms with Crippen LogP contribution in [0.25, 0.3) is 11.1 Å². The topological polar surface area (TPSA) is 63.2 Å². The van der Waals surface area contributed by atoms with Crippen LogP contribution in [0.3, 0.4) is 0 Å². The standard InChI is InChI=1S/C25H27N3O2S/c1-18(30-2)24(12-14-31)28-25(29)22-11-10-21(27-17-19-7-6-13-26-16-19)15-23(22)20-8-4-3-5-9-20/h3-11,13,15-16,24,27,31H,1,12,14,17H2,2H3,(H,28,29)/t24-/m0/s1. The zero-order valence-electron chi connectivity index (χ0n) is 17.5. The number of carbonyl (C=O) groups excluding carboxylic acids is 1. The summed E-state index contributed by atoms with van der Waals surface area (Å²) in [7, 11) is 1.55. The molecule has 5 nitrogen and oxygen atoms in total. The summed E-state index contributed by atoms with van der Waals surface area (Å²) in [5, 5.41) is 6.44. The van der Waals surface area contributed by atoms with Gasteiger partial charge in [-0.3, -0.25) is 9.78 Å². The molecule has 0 aliphatic heterocycles. The average molecular weight is 434 g/mol. The fourth-order valence-electron chi connectivity index (χ4n) is 3.24. The summed E-state index contributed by atoms with van der Waals surface area (Å²) in [6.45, 7) is 4.54. The van der Waals surface area contributed by atoms with Crippen LogP contribution in [0.1, 0.15) is 22.3 Å². The van der Waals surface area contributed by atoms with E-state index < -0.39 is 0 Å². The van der Waals surface area contributed by atoms with Gasteiger partial charge in [-0.1, -0.05) is 43.0 Å². The van der Waals surface area contributed by atoms with Gasteiger partial charge in [0.2, 0.25) is 0 Å². The summed E-state index contributed by atoms with van der Waals surface area (Å²) < 4.78 is 5.25. The lowest BCUT2D eigenvalue weighted by atomic mass is 9.98. The fourth-order valence-corrected chi connectivity index (χ4v) is 3.49. The van der Waals surface area contributed by atoms with E-state index >= 15 is 0 Å². The molecule has 0 radical (unpaired) electrons. The smallest absolute Gasteiger partial charge is 0.252 e. The van der Waals surface area contributed by atoms with Crippen molar-refractivity contribution in [1.29, 1.82) is 0 Å². The van der Waals surface area contributed by atoms with Gasteiger partial charge in [0.25, 0.3) is 5.91 Å². The number of nitrogens with zero attached hydrogens (tertiary/aromatic N) is 1. The van der Waals surface area contributed by atoms with Crippen LogP contribution in [0.15, 0.2) is 85.4 Å². The summed E-state index contributed by atoms with van der Waals surface area (Å²) in [5.74, 6) is 0.942. The van der Waals surface area contributed by atoms with Crippen LogP contribution in [0.2, 0.25) is 0 Å². The molecule has 31 heavy (non-hydrogen) atoms. The number of carbonyl (C=O) groups is 1. The van der Waals surface area contributed by atoms with Gasteiger partial charge in [-0.2, -0.15) is 12.6 Å². The maximum absolute atomic E-state index is 13.2. The molecule has 0 bridgehead atoms. The fraction of sp³-hybridized carbons (Fsp3) is 0.200. The van der Waals surface area contributed by atoms with Gasteiger partial charge in [0.1, 0.15) is 5.76 Å². The minimum Gasteiger partial charge on any atom is -0.500 e. The van der Waals surface area contributed by atoms with Crippen molar-refractivity contribution in [2.75, 3.05) is 18.2 Å². The summed E-state index contributed by atoms with van der Waals surface area (Å²) in [4.78, 5) is 17.3. The number of thiol groups is 1. The lowest BCUT2D eigenvalue weighted by Gasteiger charge is -2.21. The Morgan fingerprint density at radius 2 is 1.97 bits per heavy atom. The van der Waals surface area contributed by atoms with Gasteiger partial charge in [-0.05, 0) is 53.1 Å². The normalized spacial score (nSPS) is 11.4. The first-order valence-electron chi connectivity index (χ1n) is 10.1. The number of hydrogen-bond donors (Lipinski definition) is 3. The van der Waals surface area contributed by atoms with Crippen LogP contribution >= 0.6 is 12.6 Å². The van der Waals surface area contributed by atoms with Crippen molar-refractivity contribution in [2.24, 2.45) is 0 Å². The second-order valence-corrected chi connectivity index (χ2v) is 7.50. The molecular weight excluding hydrogens is 406 g/mol. The van der Waals surface area contributed by atoms with Crippen molar-refractivity contribution < 1.29 is 9.53 Å². The molecule has 0 saturated heterocycles. The Labute approximate surface area is 189 Å². The van der Waals surface area contributed by atoms with Crippen molar-refractivity contribution in [3.63, 3.8) is 0 Å². The molecule has 1 atom stereocenters. The number of rotatable bonds is 10. The number of aromatic nitrogens is 1. The Bertz CT molecular complexity index is 1010. The van der Waals surface area contributed by atoms with Crippen molar-refractivity contribution >= 4 is 24.2 Å². The van der Waals surface area contributed by atoms with Crippen LogP contribution in [0, 0.1) is 0 Å². The zero-order valence-corrected chi connectivity index (χ0v) is 18.4. The van der Waals surface area contributed by atoms with Crippen LogP contribution < -0.4 is 10.6 Å². The van der Waals surface area contributed by atoms with Crippen molar-refractivity contribution in [3.05, 3.63) is 96.5 Å². The van der Waals surface area contributed by atoms with Gasteiger partial charge in [-0.15, -0.1) is 0 Å². The molecule has 3 aromatic rings. The highest BCUT2D eigenvalue weighted by Crippen LogP contribution is 2.28. The third-order valence-corrected chi connectivity index (χ3v) is 5.20. The number of benzene rings is 2. The van der Waals surface area contributed by atoms with Crippen LogP contribution in [0.4, 0.5) is 5.69 Å². The van der Waals surface area contributed by atoms with Gasteiger partial charge in [-0.25, -0.2) is 0 Å². The molecule has 1 heterocycles. The molecular formula is C25H27N3O2S. The van der Waals surface area contributed by atoms with E-state index in [1.165, 1.54) is 0 Å². The number of ether oxygens (including phenoxy) is 1. The molecule has 2 N–H and O–H groups in total. The molecule has 0 fully saturated rings. The van der Waals surface area contributed by atoms with E-state index in [2.05, 4.69) is 34.8 Å². The highest BCUT2D eigenvalue weighted by molar-refractivity contribution is 7.80. The molecule has 0 aliphatic carbocycles. The Morgan fingerprint density at radius 1 is 1.16 bits per heavy atom. The molecule has 3 rings (SSSR count). The molecule has 0 unspecified atom stereocenters. The minimum atomic E-state index is -0.304. The number of hydrogen-bond acceptors (Lipinski definition) is 5. The van der Waals surface area contributed by atoms with Gasteiger partial charge < -0.3 is 15.4 Å². The number of nitrogens with one attached hydrogen (secondary N) is 2. The Balaban J connectivity index is 1.88. The second-order valence-electron chi connectivity index (χ2n) is 7.05. The van der Waals surface area contributed by atoms with Gasteiger partial charge in [0.05, 0.1) is 13.2 Å². The molecule has 0 spiro atoms. The third-order valence-electron chi connectivity index (χ3n) is 4.94. The maximum atomic E-state index is 13.2. The lowest BCUT2D eigenvalue weighted by Crippen LogP contribution is -2.37. The average Bonchev–Trinajstić information content (AvgIpc) is 2.83. The van der Waals surface area contributed by atoms with E-state index in [-0.39, 0.29) is 11.9 Å². The highest BCUT2D eigenvalue weighted by atomic mass is 32.1. The van der Waals surface area contributed by atoms with E-state index in [1.54, 1.807) is 13.3 Å². The first-order chi connectivity index (χ1) is 15.1. The van der Waals surface area contributed by atoms with Crippen LogP contribution in [-0.2, 0) is 11.3 Å². The van der Waals surface area contributed by atoms with Crippen molar-refractivity contribution in [3.8, 4) is 11.1 Å². The van der Waals surface area contributed by atoms with Gasteiger partial charge in [0.15, 0.2) is 0 Å². The quantitative estimate of drug-likeness (QED) is 0.313. The Morgan fingerprint density at radius 3 is 2.65 bits per heavy atom. The zero-order chi connectivity index (χ0) is 22.1. The second kappa shape index (κ2) is 11.2. The predicted octanol–water partition coefficient (Wildman–Crippen LogP) is 4.94. The first-order valence-corrected chi connectivity index (χ1v) is 10.7. The van der Waals surface area contributed by atoms with Crippen LogP contribution in [0.5, 0.6) is 0 Å². The molecule has 2 aromatic carbocycles. The molecule has 1 amide bonds. The van der Waals surface area contributed by atoms with E-state index in [0.29, 0.717) is 30.0 Å². The summed E-state index contributed by atoms with van der Waals surface area (Å²) in [5.41, 5.74) is 4.41. The number of methoxy groups -OCH3 is 1. The largest absolute Gasteiger partial charge is 0.500 e. The Hall–Kier alpha value is -3.25. The number of amides is 1. The summed E-state index contributed by atoms with van der Waals surface area (Å²) in [6.07, 6.45) is 4.22. The maximum Gasteiger partial charge on any atom is 0.252 e. The van der Waals surface area contributed by atoms with E-state index in [0.717, 1.165) is 22.4 Å². The third kappa shape index (κ3) is 6.12. The number of pyridine rings is 1. The minimum absolute atomic E-state index is 0.178. The SMILES string of the molecule is C=C(OC)[C@H](CCS)NC(=O)c1ccc(NCc2cccnc2)cc1-c1ccccc1. The van der Waals surface area contributed by atoms with Gasteiger partial charge >= 0.3 is 0 Å². The Kier molecular flexibility index (Phi) is 8.12. The predicted molar refractivity (Wildman–Crippen MR) is 129 cm³/mol. The molecule has 0 saturated carbocycles. The molecule has 1 aromatic heterocycles. The summed E-state index contributed by atoms with van der Waals surface area (Å²) >= 11 is 4.29. The number of anilines is 1. The first kappa shape index (κ1) is 22.4. The molecule has 6 heteroatoms. The summed E-state index contributed by atoms with van der Waals surface area (Å²) in [6, 6.07) is 19.3.